The van der Waals surface area contributed by atoms with Crippen molar-refractivity contribution < 1.29 is 0 Å². The highest BCUT2D eigenvalue weighted by Gasteiger charge is 2.47. The molecule has 0 atom stereocenters. The Balaban J connectivity index is 1.29. The molecule has 0 aromatic rings. The van der Waals surface area contributed by atoms with Gasteiger partial charge in [0.25, 0.3) is 0 Å². The van der Waals surface area contributed by atoms with Crippen molar-refractivity contribution in [2.24, 2.45) is 35.5 Å². The van der Waals surface area contributed by atoms with E-state index in [0.29, 0.717) is 0 Å². The molecule has 116 valence electrons. The van der Waals surface area contributed by atoms with E-state index < -0.39 is 0 Å². The molecule has 0 aromatic heterocycles. The van der Waals surface area contributed by atoms with Crippen LogP contribution in [0.1, 0.15) is 52.4 Å². The van der Waals surface area contributed by atoms with Gasteiger partial charge in [-0.1, -0.05) is 13.8 Å². The van der Waals surface area contributed by atoms with Crippen LogP contribution in [-0.2, 0) is 0 Å². The third-order valence-corrected chi connectivity index (χ3v) is 6.06. The van der Waals surface area contributed by atoms with Crippen LogP contribution in [0, 0.1) is 35.5 Å². The number of nitrogens with one attached hydrogen (secondary N) is 2. The van der Waals surface area contributed by atoms with Crippen molar-refractivity contribution in [1.29, 1.82) is 0 Å². The average Bonchev–Trinajstić information content (AvgIpc) is 2.39. The van der Waals surface area contributed by atoms with E-state index in [1.165, 1.54) is 26.1 Å². The lowest BCUT2D eigenvalue weighted by atomic mass is 9.52. The Kier molecular flexibility index (Phi) is 5.04. The summed E-state index contributed by atoms with van der Waals surface area (Å²) < 4.78 is 0. The predicted octanol–water partition coefficient (Wildman–Crippen LogP) is 3.28. The maximum Gasteiger partial charge on any atom is -0.00152 e. The van der Waals surface area contributed by atoms with Gasteiger partial charge in [-0.3, -0.25) is 0 Å². The summed E-state index contributed by atoms with van der Waals surface area (Å²) in [5.74, 6) is 6.20. The molecule has 2 nitrogen and oxygen atoms in total. The first kappa shape index (κ1) is 14.8. The largest absolute Gasteiger partial charge is 0.316 e. The zero-order valence-electron chi connectivity index (χ0n) is 13.5. The summed E-state index contributed by atoms with van der Waals surface area (Å²) in [6, 6.07) is 0. The molecule has 0 radical (unpaired) electrons. The third kappa shape index (κ3) is 3.57. The van der Waals surface area contributed by atoms with Crippen LogP contribution in [0.15, 0.2) is 0 Å². The van der Waals surface area contributed by atoms with Crippen molar-refractivity contribution in [3.63, 3.8) is 0 Å². The fourth-order valence-corrected chi connectivity index (χ4v) is 5.37. The Bertz CT molecular complexity index is 272. The van der Waals surface area contributed by atoms with Gasteiger partial charge in [-0.15, -0.1) is 0 Å². The van der Waals surface area contributed by atoms with Crippen LogP contribution >= 0.6 is 0 Å². The summed E-state index contributed by atoms with van der Waals surface area (Å²) in [5.41, 5.74) is 0. The van der Waals surface area contributed by atoms with Gasteiger partial charge in [0.05, 0.1) is 0 Å². The molecule has 4 aliphatic rings. The molecule has 0 saturated heterocycles. The molecule has 4 fully saturated rings. The topological polar surface area (TPSA) is 24.1 Å². The van der Waals surface area contributed by atoms with Crippen molar-refractivity contribution in [2.75, 3.05) is 26.2 Å². The molecule has 0 spiro atoms. The van der Waals surface area contributed by atoms with Crippen LogP contribution in [0.25, 0.3) is 0 Å². The van der Waals surface area contributed by atoms with E-state index in [4.69, 9.17) is 0 Å². The lowest BCUT2D eigenvalue weighted by molar-refractivity contribution is -0.0353. The molecule has 4 rings (SSSR count). The fourth-order valence-electron chi connectivity index (χ4n) is 5.37. The number of rotatable bonds is 8. The minimum Gasteiger partial charge on any atom is -0.316 e. The Hall–Kier alpha value is -0.0800. The highest BCUT2D eigenvalue weighted by molar-refractivity contribution is 4.98. The molecule has 0 unspecified atom stereocenters. The fraction of sp³-hybridized carbons (Fsp3) is 1.00. The summed E-state index contributed by atoms with van der Waals surface area (Å²) >= 11 is 0. The average molecular weight is 278 g/mol. The van der Waals surface area contributed by atoms with Gasteiger partial charge in [0, 0.05) is 0 Å². The maximum atomic E-state index is 3.76. The molecule has 0 amide bonds. The standard InChI is InChI=1S/C18H34N2/c1-13(2)11-19-4-3-5-20-12-18-16-7-14-6-15(9-16)10-17(18)8-14/h13-20H,3-12H2,1-2H3. The molecule has 2 heteroatoms. The maximum absolute atomic E-state index is 3.76. The van der Waals surface area contributed by atoms with Gasteiger partial charge < -0.3 is 10.6 Å². The van der Waals surface area contributed by atoms with Crippen molar-refractivity contribution in [3.8, 4) is 0 Å². The quantitative estimate of drug-likeness (QED) is 0.666. The Morgan fingerprint density at radius 3 is 2.05 bits per heavy atom. The van der Waals surface area contributed by atoms with Crippen LogP contribution in [-0.4, -0.2) is 26.2 Å². The Morgan fingerprint density at radius 1 is 0.850 bits per heavy atom. The van der Waals surface area contributed by atoms with Crippen molar-refractivity contribution in [3.05, 3.63) is 0 Å². The van der Waals surface area contributed by atoms with Crippen LogP contribution < -0.4 is 10.6 Å². The normalized spacial score (nSPS) is 38.9. The highest BCUT2D eigenvalue weighted by Crippen LogP contribution is 2.56. The Labute approximate surface area is 125 Å². The summed E-state index contributed by atoms with van der Waals surface area (Å²) in [5, 5.41) is 7.30. The highest BCUT2D eigenvalue weighted by atomic mass is 14.9. The van der Waals surface area contributed by atoms with Crippen molar-refractivity contribution >= 4 is 0 Å². The predicted molar refractivity (Wildman–Crippen MR) is 85.7 cm³/mol. The molecule has 0 aliphatic heterocycles. The van der Waals surface area contributed by atoms with Crippen LogP contribution in [0.5, 0.6) is 0 Å². The summed E-state index contributed by atoms with van der Waals surface area (Å²) in [4.78, 5) is 0. The van der Waals surface area contributed by atoms with Gasteiger partial charge in [0.1, 0.15) is 0 Å². The zero-order valence-corrected chi connectivity index (χ0v) is 13.5. The molecule has 2 N–H and O–H groups in total. The molecule has 4 saturated carbocycles. The summed E-state index contributed by atoms with van der Waals surface area (Å²) in [6.07, 6.45) is 9.11. The first-order chi connectivity index (χ1) is 9.72. The van der Waals surface area contributed by atoms with Crippen LogP contribution in [0.2, 0.25) is 0 Å². The van der Waals surface area contributed by atoms with E-state index in [9.17, 15) is 0 Å². The van der Waals surface area contributed by atoms with Crippen LogP contribution in [0.3, 0.4) is 0 Å². The second kappa shape index (κ2) is 6.79. The zero-order chi connectivity index (χ0) is 13.9. The SMILES string of the molecule is CC(C)CNCCCNCC1C2CC3CC(C2)CC1C3. The summed E-state index contributed by atoms with van der Waals surface area (Å²) in [7, 11) is 0. The lowest BCUT2D eigenvalue weighted by Crippen LogP contribution is -2.48. The number of hydrogen-bond acceptors (Lipinski definition) is 2. The smallest absolute Gasteiger partial charge is 0.00152 e. The second-order valence-corrected chi connectivity index (χ2v) is 8.25. The molecule has 20 heavy (non-hydrogen) atoms. The second-order valence-electron chi connectivity index (χ2n) is 8.25. The minimum absolute atomic E-state index is 0.774. The van der Waals surface area contributed by atoms with Gasteiger partial charge in [-0.05, 0) is 100 Å². The van der Waals surface area contributed by atoms with Gasteiger partial charge in [-0.25, -0.2) is 0 Å². The van der Waals surface area contributed by atoms with E-state index in [-0.39, 0.29) is 0 Å². The van der Waals surface area contributed by atoms with E-state index in [1.807, 2.05) is 0 Å². The molecule has 4 bridgehead atoms. The van der Waals surface area contributed by atoms with E-state index in [2.05, 4.69) is 24.5 Å². The minimum atomic E-state index is 0.774. The van der Waals surface area contributed by atoms with Gasteiger partial charge >= 0.3 is 0 Å². The molecular formula is C18H34N2. The lowest BCUT2D eigenvalue weighted by Gasteiger charge is -2.54. The Morgan fingerprint density at radius 2 is 1.45 bits per heavy atom. The van der Waals surface area contributed by atoms with E-state index in [0.717, 1.165) is 42.1 Å². The van der Waals surface area contributed by atoms with E-state index in [1.54, 1.807) is 32.1 Å². The number of hydrogen-bond donors (Lipinski definition) is 2. The molecule has 4 aliphatic carbocycles. The van der Waals surface area contributed by atoms with Crippen LogP contribution in [0.4, 0.5) is 0 Å². The monoisotopic (exact) mass is 278 g/mol. The first-order valence-electron chi connectivity index (χ1n) is 9.13. The molecular weight excluding hydrogens is 244 g/mol. The summed E-state index contributed by atoms with van der Waals surface area (Å²) in [6.45, 7) is 9.39. The molecule has 0 heterocycles. The molecule has 0 aromatic carbocycles. The third-order valence-electron chi connectivity index (χ3n) is 6.06. The van der Waals surface area contributed by atoms with Gasteiger partial charge in [0.15, 0.2) is 0 Å². The van der Waals surface area contributed by atoms with Crippen molar-refractivity contribution in [2.45, 2.75) is 52.4 Å². The van der Waals surface area contributed by atoms with Gasteiger partial charge in [-0.2, -0.15) is 0 Å². The first-order valence-corrected chi connectivity index (χ1v) is 9.13. The van der Waals surface area contributed by atoms with Gasteiger partial charge in [0.2, 0.25) is 0 Å². The van der Waals surface area contributed by atoms with Crippen molar-refractivity contribution in [1.82, 2.24) is 10.6 Å². The van der Waals surface area contributed by atoms with E-state index >= 15 is 0 Å².